The van der Waals surface area contributed by atoms with Crippen LogP contribution in [0.4, 0.5) is 5.69 Å². The maximum Gasteiger partial charge on any atom is 0.278 e. The highest BCUT2D eigenvalue weighted by atomic mass is 35.5. The van der Waals surface area contributed by atoms with E-state index >= 15 is 0 Å². The van der Waals surface area contributed by atoms with E-state index in [0.29, 0.717) is 51.5 Å². The molecule has 0 saturated carbocycles. The number of carbonyl (C=O) groups is 1. The highest BCUT2D eigenvalue weighted by Crippen LogP contribution is 2.42. The minimum atomic E-state index is -0.366. The number of nitrogens with zero attached hydrogens (tertiary/aromatic N) is 2. The van der Waals surface area contributed by atoms with Gasteiger partial charge in [-0.1, -0.05) is 29.8 Å². The second kappa shape index (κ2) is 9.95. The van der Waals surface area contributed by atoms with Crippen molar-refractivity contribution in [1.29, 1.82) is 0 Å². The Morgan fingerprint density at radius 2 is 1.76 bits per heavy atom. The van der Waals surface area contributed by atoms with Crippen LogP contribution in [0.25, 0.3) is 5.69 Å². The van der Waals surface area contributed by atoms with Gasteiger partial charge in [0, 0.05) is 23.1 Å². The summed E-state index contributed by atoms with van der Waals surface area (Å²) in [5.41, 5.74) is 5.09. The maximum atomic E-state index is 13.8. The standard InChI is InChI=1S/C29H28ClN3O5/c1-16-9-10-20(11-17(16)2)33-28(35)21-13-19-7-6-8-24(36-4)27(19)38-29(21)32(33)15-26(34)31-23-12-18(3)22(30)14-25(23)37-5/h6-12,14H,13,15H2,1-5H3,(H,31,34). The summed E-state index contributed by atoms with van der Waals surface area (Å²) >= 11 is 6.23. The number of ether oxygens (including phenoxy) is 3. The summed E-state index contributed by atoms with van der Waals surface area (Å²) in [5.74, 6) is 1.46. The quantitative estimate of drug-likeness (QED) is 0.308. The van der Waals surface area contributed by atoms with Gasteiger partial charge in [0.25, 0.3) is 5.56 Å². The molecule has 8 nitrogen and oxygen atoms in total. The number of hydrogen-bond donors (Lipinski definition) is 1. The monoisotopic (exact) mass is 533 g/mol. The number of rotatable bonds is 6. The van der Waals surface area contributed by atoms with E-state index in [-0.39, 0.29) is 18.0 Å². The van der Waals surface area contributed by atoms with Crippen LogP contribution in [0, 0.1) is 20.8 Å². The van der Waals surface area contributed by atoms with Crippen molar-refractivity contribution in [2.24, 2.45) is 0 Å². The molecule has 1 aromatic heterocycles. The molecule has 38 heavy (non-hydrogen) atoms. The highest BCUT2D eigenvalue weighted by Gasteiger charge is 2.31. The second-order valence-corrected chi connectivity index (χ2v) is 9.71. The Kier molecular flexibility index (Phi) is 6.67. The Balaban J connectivity index is 1.61. The van der Waals surface area contributed by atoms with Gasteiger partial charge in [-0.05, 0) is 61.7 Å². The number of aromatic nitrogens is 2. The topological polar surface area (TPSA) is 83.7 Å². The third-order valence-corrected chi connectivity index (χ3v) is 7.22. The zero-order chi connectivity index (χ0) is 27.1. The van der Waals surface area contributed by atoms with E-state index < -0.39 is 0 Å². The van der Waals surface area contributed by atoms with Crippen LogP contribution in [-0.2, 0) is 17.8 Å². The van der Waals surface area contributed by atoms with Crippen molar-refractivity contribution in [3.8, 4) is 28.8 Å². The number of amides is 1. The van der Waals surface area contributed by atoms with E-state index in [1.54, 1.807) is 30.0 Å². The lowest BCUT2D eigenvalue weighted by Gasteiger charge is -2.21. The SMILES string of the molecule is COc1cc(Cl)c(C)cc1NC(=O)Cn1c2c(c(=O)n1-c1ccc(C)c(C)c1)Cc1cccc(OC)c1O2. The van der Waals surface area contributed by atoms with E-state index in [1.807, 2.05) is 51.1 Å². The van der Waals surface area contributed by atoms with E-state index in [4.69, 9.17) is 25.8 Å². The van der Waals surface area contributed by atoms with E-state index in [0.717, 1.165) is 22.3 Å². The van der Waals surface area contributed by atoms with Crippen molar-refractivity contribution < 1.29 is 19.0 Å². The summed E-state index contributed by atoms with van der Waals surface area (Å²) in [6.07, 6.45) is 0.352. The van der Waals surface area contributed by atoms with E-state index in [9.17, 15) is 9.59 Å². The average Bonchev–Trinajstić information content (AvgIpc) is 3.16. The van der Waals surface area contributed by atoms with Gasteiger partial charge in [-0.15, -0.1) is 0 Å². The average molecular weight is 534 g/mol. The summed E-state index contributed by atoms with van der Waals surface area (Å²) in [6, 6.07) is 14.7. The molecule has 0 spiro atoms. The van der Waals surface area contributed by atoms with Crippen molar-refractivity contribution in [2.75, 3.05) is 19.5 Å². The Bertz CT molecular complexity index is 1640. The van der Waals surface area contributed by atoms with Gasteiger partial charge >= 0.3 is 0 Å². The largest absolute Gasteiger partial charge is 0.495 e. The molecule has 0 fully saturated rings. The zero-order valence-electron chi connectivity index (χ0n) is 21.8. The lowest BCUT2D eigenvalue weighted by Crippen LogP contribution is -2.27. The highest BCUT2D eigenvalue weighted by molar-refractivity contribution is 6.31. The molecule has 0 saturated heterocycles. The number of methoxy groups -OCH3 is 2. The van der Waals surface area contributed by atoms with Crippen molar-refractivity contribution in [3.05, 3.63) is 91.7 Å². The molecule has 1 N–H and O–H groups in total. The van der Waals surface area contributed by atoms with Gasteiger partial charge in [-0.3, -0.25) is 9.59 Å². The molecule has 0 radical (unpaired) electrons. The van der Waals surface area contributed by atoms with Gasteiger partial charge in [0.15, 0.2) is 11.5 Å². The Labute approximate surface area is 225 Å². The molecule has 196 valence electrons. The number of para-hydroxylation sites is 1. The van der Waals surface area contributed by atoms with Gasteiger partial charge in [0.05, 0.1) is 31.2 Å². The Hall–Kier alpha value is -4.17. The molecule has 9 heteroatoms. The van der Waals surface area contributed by atoms with Crippen molar-refractivity contribution in [3.63, 3.8) is 0 Å². The molecule has 3 aromatic carbocycles. The van der Waals surface area contributed by atoms with E-state index in [1.165, 1.54) is 11.8 Å². The third kappa shape index (κ3) is 4.41. The second-order valence-electron chi connectivity index (χ2n) is 9.30. The fraction of sp³-hybridized carbons (Fsp3) is 0.241. The van der Waals surface area contributed by atoms with Crippen LogP contribution >= 0.6 is 11.6 Å². The first-order chi connectivity index (χ1) is 18.2. The first-order valence-electron chi connectivity index (χ1n) is 12.1. The molecule has 4 aromatic rings. The third-order valence-electron chi connectivity index (χ3n) is 6.81. The number of halogens is 1. The number of fused-ring (bicyclic) bond motifs is 2. The van der Waals surface area contributed by atoms with Gasteiger partial charge < -0.3 is 19.5 Å². The summed E-state index contributed by atoms with van der Waals surface area (Å²) in [4.78, 5) is 27.2. The van der Waals surface area contributed by atoms with Crippen LogP contribution in [-0.4, -0.2) is 29.5 Å². The molecule has 0 aliphatic carbocycles. The molecule has 0 unspecified atom stereocenters. The summed E-state index contributed by atoms with van der Waals surface area (Å²) in [5, 5.41) is 3.43. The van der Waals surface area contributed by atoms with Crippen molar-refractivity contribution in [1.82, 2.24) is 9.36 Å². The summed E-state index contributed by atoms with van der Waals surface area (Å²) < 4.78 is 20.3. The molecule has 1 amide bonds. The maximum absolute atomic E-state index is 13.8. The predicted molar refractivity (Wildman–Crippen MR) is 147 cm³/mol. The zero-order valence-corrected chi connectivity index (χ0v) is 22.6. The number of hydrogen-bond acceptors (Lipinski definition) is 5. The van der Waals surface area contributed by atoms with Crippen LogP contribution < -0.4 is 25.1 Å². The van der Waals surface area contributed by atoms with Crippen LogP contribution in [0.2, 0.25) is 5.02 Å². The molecule has 1 aliphatic rings. The summed E-state index contributed by atoms with van der Waals surface area (Å²) in [7, 11) is 3.08. The number of anilines is 1. The lowest BCUT2D eigenvalue weighted by molar-refractivity contribution is -0.117. The molecule has 0 bridgehead atoms. The normalized spacial score (nSPS) is 11.8. The molecule has 5 rings (SSSR count). The molecule has 0 atom stereocenters. The molecular weight excluding hydrogens is 506 g/mol. The lowest BCUT2D eigenvalue weighted by atomic mass is 10.0. The van der Waals surface area contributed by atoms with Gasteiger partial charge in [0.2, 0.25) is 11.8 Å². The first kappa shape index (κ1) is 25.5. The Morgan fingerprint density at radius 1 is 1.00 bits per heavy atom. The van der Waals surface area contributed by atoms with Crippen LogP contribution in [0.15, 0.2) is 53.3 Å². The fourth-order valence-corrected chi connectivity index (χ4v) is 4.77. The van der Waals surface area contributed by atoms with Crippen LogP contribution in [0.5, 0.6) is 23.1 Å². The number of aryl methyl sites for hydroxylation is 3. The Morgan fingerprint density at radius 3 is 2.47 bits per heavy atom. The molecule has 1 aliphatic heterocycles. The van der Waals surface area contributed by atoms with Crippen LogP contribution in [0.3, 0.4) is 0 Å². The van der Waals surface area contributed by atoms with Crippen LogP contribution in [0.1, 0.15) is 27.8 Å². The van der Waals surface area contributed by atoms with E-state index in [2.05, 4.69) is 5.32 Å². The van der Waals surface area contributed by atoms with Gasteiger partial charge in [-0.25, -0.2) is 9.36 Å². The summed E-state index contributed by atoms with van der Waals surface area (Å²) in [6.45, 7) is 5.64. The fourth-order valence-electron chi connectivity index (χ4n) is 4.62. The minimum Gasteiger partial charge on any atom is -0.495 e. The van der Waals surface area contributed by atoms with Gasteiger partial charge in [-0.2, -0.15) is 0 Å². The molecular formula is C29H28ClN3O5. The molecule has 2 heterocycles. The number of carbonyl (C=O) groups excluding carboxylic acids is 1. The van der Waals surface area contributed by atoms with Crippen molar-refractivity contribution >= 4 is 23.2 Å². The predicted octanol–water partition coefficient (Wildman–Crippen LogP) is 5.57. The smallest absolute Gasteiger partial charge is 0.278 e. The van der Waals surface area contributed by atoms with Crippen molar-refractivity contribution in [2.45, 2.75) is 33.7 Å². The first-order valence-corrected chi connectivity index (χ1v) is 12.5. The minimum absolute atomic E-state index is 0.188. The number of benzene rings is 3. The number of nitrogens with one attached hydrogen (secondary N) is 1. The van der Waals surface area contributed by atoms with Gasteiger partial charge in [0.1, 0.15) is 12.3 Å².